The number of hydrogen-bond acceptors (Lipinski definition) is 2. The van der Waals surface area contributed by atoms with Gasteiger partial charge in [0, 0.05) is 11.1 Å². The lowest BCUT2D eigenvalue weighted by molar-refractivity contribution is 0.144. The molecule has 0 saturated heterocycles. The normalized spacial score (nSPS) is 14.6. The molecule has 0 bridgehead atoms. The van der Waals surface area contributed by atoms with Crippen molar-refractivity contribution in [2.24, 2.45) is 5.92 Å². The van der Waals surface area contributed by atoms with E-state index in [-0.39, 0.29) is 6.10 Å². The highest BCUT2D eigenvalue weighted by Gasteiger charge is 2.21. The fourth-order valence-corrected chi connectivity index (χ4v) is 2.26. The van der Waals surface area contributed by atoms with Gasteiger partial charge in [-0.25, -0.2) is 0 Å². The topological polar surface area (TPSA) is 21.3 Å². The maximum absolute atomic E-state index is 5.97. The van der Waals surface area contributed by atoms with Gasteiger partial charge in [0.1, 0.15) is 11.9 Å². The number of rotatable bonds is 7. The molecule has 0 aliphatic heterocycles. The molecule has 0 amide bonds. The zero-order valence-electron chi connectivity index (χ0n) is 11.7. The molecular weight excluding hydrogens is 246 g/mol. The number of nitrogens with one attached hydrogen (secondary N) is 1. The molecule has 0 heterocycles. The second kappa shape index (κ2) is 7.65. The predicted molar refractivity (Wildman–Crippen MR) is 78.5 cm³/mol. The van der Waals surface area contributed by atoms with Crippen LogP contribution in [0.2, 0.25) is 5.02 Å². The predicted octanol–water partition coefficient (Wildman–Crippen LogP) is 4.13. The summed E-state index contributed by atoms with van der Waals surface area (Å²) >= 11 is 5.96. The van der Waals surface area contributed by atoms with E-state index in [4.69, 9.17) is 16.3 Å². The molecule has 1 rings (SSSR count). The molecule has 1 aromatic rings. The molecule has 2 atom stereocenters. The van der Waals surface area contributed by atoms with Crippen LogP contribution in [0.4, 0.5) is 0 Å². The molecule has 0 saturated carbocycles. The van der Waals surface area contributed by atoms with Gasteiger partial charge in [-0.1, -0.05) is 38.4 Å². The average molecular weight is 270 g/mol. The van der Waals surface area contributed by atoms with Gasteiger partial charge in [0.25, 0.3) is 0 Å². The lowest BCUT2D eigenvalue weighted by Gasteiger charge is -2.29. The van der Waals surface area contributed by atoms with Crippen molar-refractivity contribution in [1.29, 1.82) is 0 Å². The first kappa shape index (κ1) is 15.3. The Hall–Kier alpha value is -0.730. The first-order valence-corrected chi connectivity index (χ1v) is 7.08. The summed E-state index contributed by atoms with van der Waals surface area (Å²) in [6.45, 7) is 9.73. The van der Waals surface area contributed by atoms with E-state index in [1.165, 1.54) is 0 Å². The SMILES string of the molecule is CCCNC(C(C)C)C(C)Oc1cccc(Cl)c1. The first-order chi connectivity index (χ1) is 8.54. The molecule has 0 aromatic heterocycles. The van der Waals surface area contributed by atoms with Crippen LogP contribution in [-0.2, 0) is 0 Å². The lowest BCUT2D eigenvalue weighted by atomic mass is 9.99. The quantitative estimate of drug-likeness (QED) is 0.804. The van der Waals surface area contributed by atoms with E-state index in [9.17, 15) is 0 Å². The highest BCUT2D eigenvalue weighted by atomic mass is 35.5. The van der Waals surface area contributed by atoms with E-state index in [1.807, 2.05) is 24.3 Å². The Bertz CT molecular complexity index is 354. The summed E-state index contributed by atoms with van der Waals surface area (Å²) in [5, 5.41) is 4.26. The van der Waals surface area contributed by atoms with Crippen LogP contribution in [0.15, 0.2) is 24.3 Å². The maximum Gasteiger partial charge on any atom is 0.121 e. The third-order valence-corrected chi connectivity index (χ3v) is 3.21. The molecule has 0 radical (unpaired) electrons. The van der Waals surface area contributed by atoms with Crippen molar-refractivity contribution in [1.82, 2.24) is 5.32 Å². The minimum Gasteiger partial charge on any atom is -0.489 e. The highest BCUT2D eigenvalue weighted by Crippen LogP contribution is 2.20. The van der Waals surface area contributed by atoms with Gasteiger partial charge in [0.2, 0.25) is 0 Å². The van der Waals surface area contributed by atoms with Gasteiger partial charge in [-0.3, -0.25) is 0 Å². The fraction of sp³-hybridized carbons (Fsp3) is 0.600. The summed E-state index contributed by atoms with van der Waals surface area (Å²) < 4.78 is 5.97. The van der Waals surface area contributed by atoms with E-state index in [1.54, 1.807) is 0 Å². The van der Waals surface area contributed by atoms with Crippen molar-refractivity contribution in [3.63, 3.8) is 0 Å². The minimum absolute atomic E-state index is 0.120. The van der Waals surface area contributed by atoms with Crippen LogP contribution in [0.3, 0.4) is 0 Å². The van der Waals surface area contributed by atoms with Gasteiger partial charge in [-0.2, -0.15) is 0 Å². The van der Waals surface area contributed by atoms with Crippen LogP contribution in [0, 0.1) is 5.92 Å². The van der Waals surface area contributed by atoms with E-state index >= 15 is 0 Å². The number of ether oxygens (including phenoxy) is 1. The van der Waals surface area contributed by atoms with Gasteiger partial charge in [-0.15, -0.1) is 0 Å². The monoisotopic (exact) mass is 269 g/mol. The summed E-state index contributed by atoms with van der Waals surface area (Å²) in [6, 6.07) is 7.92. The lowest BCUT2D eigenvalue weighted by Crippen LogP contribution is -2.45. The molecule has 0 fully saturated rings. The zero-order valence-corrected chi connectivity index (χ0v) is 12.5. The van der Waals surface area contributed by atoms with Crippen molar-refractivity contribution < 1.29 is 4.74 Å². The molecule has 0 aliphatic carbocycles. The van der Waals surface area contributed by atoms with E-state index in [0.717, 1.165) is 18.7 Å². The van der Waals surface area contributed by atoms with E-state index in [2.05, 4.69) is 33.0 Å². The first-order valence-electron chi connectivity index (χ1n) is 6.70. The van der Waals surface area contributed by atoms with Gasteiger partial charge in [0.05, 0.1) is 0 Å². The summed E-state index contributed by atoms with van der Waals surface area (Å²) in [4.78, 5) is 0. The van der Waals surface area contributed by atoms with Crippen LogP contribution in [0.25, 0.3) is 0 Å². The Morgan fingerprint density at radius 3 is 2.56 bits per heavy atom. The summed E-state index contributed by atoms with van der Waals surface area (Å²) in [6.07, 6.45) is 1.25. The molecular formula is C15H24ClNO. The van der Waals surface area contributed by atoms with Crippen LogP contribution in [0.1, 0.15) is 34.1 Å². The molecule has 0 aliphatic rings. The Morgan fingerprint density at radius 2 is 2.00 bits per heavy atom. The van der Waals surface area contributed by atoms with E-state index in [0.29, 0.717) is 17.0 Å². The summed E-state index contributed by atoms with van der Waals surface area (Å²) in [5.74, 6) is 1.37. The molecule has 18 heavy (non-hydrogen) atoms. The average Bonchev–Trinajstić information content (AvgIpc) is 2.29. The highest BCUT2D eigenvalue weighted by molar-refractivity contribution is 6.30. The number of benzene rings is 1. The Labute approximate surface area is 116 Å². The van der Waals surface area contributed by atoms with Gasteiger partial charge in [-0.05, 0) is 44.0 Å². The Balaban J connectivity index is 2.63. The number of hydrogen-bond donors (Lipinski definition) is 1. The molecule has 1 aromatic carbocycles. The molecule has 3 heteroatoms. The van der Waals surface area contributed by atoms with Crippen molar-refractivity contribution in [2.75, 3.05) is 6.54 Å². The van der Waals surface area contributed by atoms with Crippen LogP contribution in [-0.4, -0.2) is 18.7 Å². The van der Waals surface area contributed by atoms with Crippen molar-refractivity contribution in [3.05, 3.63) is 29.3 Å². The molecule has 1 N–H and O–H groups in total. The molecule has 2 nitrogen and oxygen atoms in total. The van der Waals surface area contributed by atoms with Crippen LogP contribution < -0.4 is 10.1 Å². The third kappa shape index (κ3) is 4.87. The van der Waals surface area contributed by atoms with Crippen molar-refractivity contribution in [3.8, 4) is 5.75 Å². The van der Waals surface area contributed by atoms with Crippen LogP contribution in [0.5, 0.6) is 5.75 Å². The second-order valence-electron chi connectivity index (χ2n) is 5.00. The smallest absolute Gasteiger partial charge is 0.121 e. The minimum atomic E-state index is 0.120. The maximum atomic E-state index is 5.97. The van der Waals surface area contributed by atoms with Crippen LogP contribution >= 0.6 is 11.6 Å². The Kier molecular flexibility index (Phi) is 6.51. The van der Waals surface area contributed by atoms with Gasteiger partial charge < -0.3 is 10.1 Å². The molecule has 2 unspecified atom stereocenters. The molecule has 102 valence electrons. The van der Waals surface area contributed by atoms with Gasteiger partial charge >= 0.3 is 0 Å². The molecule has 0 spiro atoms. The van der Waals surface area contributed by atoms with Crippen molar-refractivity contribution in [2.45, 2.75) is 46.3 Å². The summed E-state index contributed by atoms with van der Waals surface area (Å²) in [5.41, 5.74) is 0. The van der Waals surface area contributed by atoms with Crippen molar-refractivity contribution >= 4 is 11.6 Å². The summed E-state index contributed by atoms with van der Waals surface area (Å²) in [7, 11) is 0. The second-order valence-corrected chi connectivity index (χ2v) is 5.44. The fourth-order valence-electron chi connectivity index (χ4n) is 2.08. The zero-order chi connectivity index (χ0) is 13.5. The van der Waals surface area contributed by atoms with E-state index < -0.39 is 0 Å². The Morgan fingerprint density at radius 1 is 1.28 bits per heavy atom. The number of halogens is 1. The van der Waals surface area contributed by atoms with Gasteiger partial charge in [0.15, 0.2) is 0 Å². The third-order valence-electron chi connectivity index (χ3n) is 2.97. The largest absolute Gasteiger partial charge is 0.489 e. The standard InChI is InChI=1S/C15H24ClNO/c1-5-9-17-15(11(2)3)12(4)18-14-8-6-7-13(16)10-14/h6-8,10-12,15,17H,5,9H2,1-4H3.